The molecule has 0 unspecified atom stereocenters. The highest BCUT2D eigenvalue weighted by atomic mass is 32.1. The molecule has 0 spiro atoms. The Hall–Kier alpha value is -2.47. The lowest BCUT2D eigenvalue weighted by molar-refractivity contribution is 0.195. The van der Waals surface area contributed by atoms with Gasteiger partial charge in [-0.05, 0) is 31.9 Å². The van der Waals surface area contributed by atoms with Gasteiger partial charge in [0.1, 0.15) is 5.75 Å². The van der Waals surface area contributed by atoms with Crippen molar-refractivity contribution < 1.29 is 4.74 Å². The van der Waals surface area contributed by atoms with Crippen molar-refractivity contribution in [3.8, 4) is 16.9 Å². The van der Waals surface area contributed by atoms with Gasteiger partial charge in [0.05, 0.1) is 16.3 Å². The molecule has 3 N–H and O–H groups in total. The molecule has 0 aliphatic carbocycles. The molecule has 6 heteroatoms. The van der Waals surface area contributed by atoms with Gasteiger partial charge in [-0.2, -0.15) is 0 Å². The Morgan fingerprint density at radius 2 is 1.64 bits per heavy atom. The van der Waals surface area contributed by atoms with Crippen molar-refractivity contribution in [2.24, 2.45) is 0 Å². The highest BCUT2D eigenvalue weighted by molar-refractivity contribution is 7.18. The maximum absolute atomic E-state index is 6.33. The summed E-state index contributed by atoms with van der Waals surface area (Å²) in [7, 11) is 5.83. The number of aryl methyl sites for hydroxylation is 1. The first-order valence-electron chi connectivity index (χ1n) is 9.83. The Morgan fingerprint density at radius 1 is 1.00 bits per heavy atom. The number of rotatable bonds is 8. The summed E-state index contributed by atoms with van der Waals surface area (Å²) in [5, 5.41) is 12.1. The summed E-state index contributed by atoms with van der Waals surface area (Å²) in [6.07, 6.45) is 2.22. The standard InChI is InChI=1S/C22H30N4OS/c1-7-15(8-2)27-19-9-13(3)26-21-16(12-28-22(19)21)20-17(24-5)10-14(23-4)11-18(20)25-6/h9-12,15,23-25H,7-8H2,1-6H3. The largest absolute Gasteiger partial charge is 0.489 e. The van der Waals surface area contributed by atoms with Gasteiger partial charge in [0.25, 0.3) is 0 Å². The molecule has 0 aliphatic rings. The zero-order chi connectivity index (χ0) is 20.3. The summed E-state index contributed by atoms with van der Waals surface area (Å²) < 4.78 is 7.44. The van der Waals surface area contributed by atoms with Crippen molar-refractivity contribution in [2.75, 3.05) is 37.1 Å². The summed E-state index contributed by atoms with van der Waals surface area (Å²) >= 11 is 1.70. The average molecular weight is 399 g/mol. The number of benzene rings is 1. The van der Waals surface area contributed by atoms with Gasteiger partial charge in [-0.25, -0.2) is 0 Å². The van der Waals surface area contributed by atoms with E-state index in [4.69, 9.17) is 9.72 Å². The van der Waals surface area contributed by atoms with Crippen LogP contribution in [-0.2, 0) is 0 Å². The third-order valence-electron chi connectivity index (χ3n) is 5.06. The molecule has 28 heavy (non-hydrogen) atoms. The Kier molecular flexibility index (Phi) is 6.29. The maximum atomic E-state index is 6.33. The lowest BCUT2D eigenvalue weighted by Gasteiger charge is -2.18. The minimum atomic E-state index is 0.228. The monoisotopic (exact) mass is 398 g/mol. The van der Waals surface area contributed by atoms with Gasteiger partial charge in [0, 0.05) is 66.5 Å². The topological polar surface area (TPSA) is 58.2 Å². The smallest absolute Gasteiger partial charge is 0.140 e. The number of pyridine rings is 1. The van der Waals surface area contributed by atoms with Gasteiger partial charge in [0.2, 0.25) is 0 Å². The molecule has 3 rings (SSSR count). The van der Waals surface area contributed by atoms with Crippen LogP contribution in [0, 0.1) is 6.92 Å². The van der Waals surface area contributed by atoms with Gasteiger partial charge in [-0.3, -0.25) is 4.98 Å². The molecular weight excluding hydrogens is 368 g/mol. The van der Waals surface area contributed by atoms with Gasteiger partial charge < -0.3 is 20.7 Å². The van der Waals surface area contributed by atoms with E-state index in [1.54, 1.807) is 11.3 Å². The molecule has 0 saturated carbocycles. The Bertz CT molecular complexity index is 938. The zero-order valence-corrected chi connectivity index (χ0v) is 18.4. The van der Waals surface area contributed by atoms with E-state index in [2.05, 4.69) is 53.4 Å². The molecule has 0 amide bonds. The molecule has 1 aromatic carbocycles. The molecule has 5 nitrogen and oxygen atoms in total. The minimum Gasteiger partial charge on any atom is -0.489 e. The van der Waals surface area contributed by atoms with Crippen molar-refractivity contribution in [2.45, 2.75) is 39.7 Å². The molecular formula is C22H30N4OS. The van der Waals surface area contributed by atoms with E-state index >= 15 is 0 Å². The van der Waals surface area contributed by atoms with E-state index in [0.717, 1.165) is 62.7 Å². The van der Waals surface area contributed by atoms with Gasteiger partial charge >= 0.3 is 0 Å². The summed E-state index contributed by atoms with van der Waals surface area (Å²) in [6, 6.07) is 6.30. The summed E-state index contributed by atoms with van der Waals surface area (Å²) in [5.41, 5.74) is 7.38. The first-order valence-corrected chi connectivity index (χ1v) is 10.7. The molecule has 2 heterocycles. The first kappa shape index (κ1) is 20.3. The normalized spacial score (nSPS) is 11.1. The number of hydrogen-bond acceptors (Lipinski definition) is 6. The van der Waals surface area contributed by atoms with Crippen LogP contribution in [0.4, 0.5) is 17.1 Å². The fourth-order valence-corrected chi connectivity index (χ4v) is 4.43. The maximum Gasteiger partial charge on any atom is 0.140 e. The van der Waals surface area contributed by atoms with Crippen molar-refractivity contribution in [3.63, 3.8) is 0 Å². The molecule has 0 fully saturated rings. The van der Waals surface area contributed by atoms with Crippen LogP contribution in [0.3, 0.4) is 0 Å². The SMILES string of the molecule is CCC(CC)Oc1cc(C)nc2c(-c3c(NC)cc(NC)cc3NC)csc12. The van der Waals surface area contributed by atoms with E-state index in [1.165, 1.54) is 0 Å². The molecule has 0 saturated heterocycles. The van der Waals surface area contributed by atoms with Crippen LogP contribution < -0.4 is 20.7 Å². The van der Waals surface area contributed by atoms with Gasteiger partial charge in [0.15, 0.2) is 0 Å². The van der Waals surface area contributed by atoms with E-state index in [1.807, 2.05) is 28.1 Å². The van der Waals surface area contributed by atoms with E-state index in [-0.39, 0.29) is 6.10 Å². The number of anilines is 3. The number of ether oxygens (including phenoxy) is 1. The third-order valence-corrected chi connectivity index (χ3v) is 6.04. The second-order valence-corrected chi connectivity index (χ2v) is 7.72. The Balaban J connectivity index is 2.22. The highest BCUT2D eigenvalue weighted by Crippen LogP contribution is 2.45. The quantitative estimate of drug-likeness (QED) is 0.437. The number of thiophene rings is 1. The van der Waals surface area contributed by atoms with Crippen LogP contribution in [0.2, 0.25) is 0 Å². The van der Waals surface area contributed by atoms with Crippen LogP contribution in [0.5, 0.6) is 5.75 Å². The number of nitrogens with zero attached hydrogens (tertiary/aromatic N) is 1. The van der Waals surface area contributed by atoms with Crippen molar-refractivity contribution in [1.29, 1.82) is 0 Å². The van der Waals surface area contributed by atoms with Crippen molar-refractivity contribution in [3.05, 3.63) is 29.3 Å². The number of nitrogens with one attached hydrogen (secondary N) is 3. The molecule has 0 bridgehead atoms. The van der Waals surface area contributed by atoms with Crippen LogP contribution in [0.1, 0.15) is 32.4 Å². The number of aromatic nitrogens is 1. The molecule has 0 aliphatic heterocycles. The minimum absolute atomic E-state index is 0.228. The first-order chi connectivity index (χ1) is 13.6. The Labute approximate surface area is 171 Å². The molecule has 150 valence electrons. The van der Waals surface area contributed by atoms with Gasteiger partial charge in [-0.15, -0.1) is 11.3 Å². The van der Waals surface area contributed by atoms with E-state index in [0.29, 0.717) is 0 Å². The second-order valence-electron chi connectivity index (χ2n) is 6.84. The predicted octanol–water partition coefficient (Wildman–Crippen LogP) is 5.96. The fraction of sp³-hybridized carbons (Fsp3) is 0.409. The summed E-state index contributed by atoms with van der Waals surface area (Å²) in [5.74, 6) is 0.941. The lowest BCUT2D eigenvalue weighted by Crippen LogP contribution is -2.13. The van der Waals surface area contributed by atoms with Crippen molar-refractivity contribution >= 4 is 38.6 Å². The number of hydrogen-bond donors (Lipinski definition) is 3. The van der Waals surface area contributed by atoms with E-state index in [9.17, 15) is 0 Å². The highest BCUT2D eigenvalue weighted by Gasteiger charge is 2.20. The Morgan fingerprint density at radius 3 is 2.18 bits per heavy atom. The van der Waals surface area contributed by atoms with Crippen LogP contribution >= 0.6 is 11.3 Å². The van der Waals surface area contributed by atoms with Crippen molar-refractivity contribution in [1.82, 2.24) is 4.98 Å². The number of fused-ring (bicyclic) bond motifs is 1. The molecule has 2 aromatic heterocycles. The second kappa shape index (κ2) is 8.69. The fourth-order valence-electron chi connectivity index (χ4n) is 3.47. The summed E-state index contributed by atoms with van der Waals surface area (Å²) in [6.45, 7) is 6.37. The molecule has 0 atom stereocenters. The zero-order valence-electron chi connectivity index (χ0n) is 17.6. The van der Waals surface area contributed by atoms with Crippen LogP contribution in [0.25, 0.3) is 21.3 Å². The average Bonchev–Trinajstić information content (AvgIpc) is 3.13. The molecule has 3 aromatic rings. The van der Waals surface area contributed by atoms with Crippen LogP contribution in [0.15, 0.2) is 23.6 Å². The predicted molar refractivity (Wildman–Crippen MR) is 123 cm³/mol. The van der Waals surface area contributed by atoms with Crippen LogP contribution in [-0.4, -0.2) is 32.2 Å². The van der Waals surface area contributed by atoms with E-state index < -0.39 is 0 Å². The molecule has 0 radical (unpaired) electrons. The lowest BCUT2D eigenvalue weighted by atomic mass is 10.0. The third kappa shape index (κ3) is 3.74. The van der Waals surface area contributed by atoms with Gasteiger partial charge in [-0.1, -0.05) is 13.8 Å². The summed E-state index contributed by atoms with van der Waals surface area (Å²) in [4.78, 5) is 4.88.